The van der Waals surface area contributed by atoms with Crippen LogP contribution >= 0.6 is 0 Å². The number of nitrogens with one attached hydrogen (secondary N) is 1. The van der Waals surface area contributed by atoms with Crippen molar-refractivity contribution in [2.75, 3.05) is 6.54 Å². The normalized spacial score (nSPS) is 19.6. The maximum Gasteiger partial charge on any atom is 0.416 e. The highest BCUT2D eigenvalue weighted by molar-refractivity contribution is 5.41. The molecule has 7 heteroatoms. The van der Waals surface area contributed by atoms with Crippen LogP contribution in [0.25, 0.3) is 0 Å². The number of non-ortho nitro benzene ring substituents is 1. The van der Waals surface area contributed by atoms with E-state index < -0.39 is 22.4 Å². The third kappa shape index (κ3) is 3.44. The Kier molecular flexibility index (Phi) is 3.75. The monoisotopic (exact) mass is 274 g/mol. The molecule has 1 atom stereocenters. The van der Waals surface area contributed by atoms with Gasteiger partial charge < -0.3 is 5.32 Å². The molecule has 0 bridgehead atoms. The van der Waals surface area contributed by atoms with Crippen LogP contribution in [-0.2, 0) is 12.6 Å². The molecule has 1 aliphatic heterocycles. The van der Waals surface area contributed by atoms with Crippen molar-refractivity contribution < 1.29 is 18.1 Å². The first kappa shape index (κ1) is 13.8. The minimum Gasteiger partial charge on any atom is -0.314 e. The number of alkyl halides is 3. The van der Waals surface area contributed by atoms with E-state index in [1.54, 1.807) is 0 Å². The molecule has 19 heavy (non-hydrogen) atoms. The lowest BCUT2D eigenvalue weighted by molar-refractivity contribution is -0.385. The van der Waals surface area contributed by atoms with Crippen molar-refractivity contribution >= 4 is 5.69 Å². The average Bonchev–Trinajstić information content (AvgIpc) is 2.80. The summed E-state index contributed by atoms with van der Waals surface area (Å²) in [6, 6.07) is 2.89. The maximum absolute atomic E-state index is 12.7. The number of nitro benzene ring substituents is 1. The number of hydrogen-bond donors (Lipinski definition) is 1. The first-order valence-electron chi connectivity index (χ1n) is 5.95. The van der Waals surface area contributed by atoms with Gasteiger partial charge in [0.2, 0.25) is 0 Å². The lowest BCUT2D eigenvalue weighted by Crippen LogP contribution is -2.23. The number of rotatable bonds is 3. The largest absolute Gasteiger partial charge is 0.416 e. The predicted molar refractivity (Wildman–Crippen MR) is 62.8 cm³/mol. The number of nitro groups is 1. The minimum absolute atomic E-state index is 0.100. The molecule has 1 aliphatic rings. The van der Waals surface area contributed by atoms with Crippen LogP contribution < -0.4 is 5.32 Å². The van der Waals surface area contributed by atoms with Gasteiger partial charge in [-0.05, 0) is 37.4 Å². The van der Waals surface area contributed by atoms with Gasteiger partial charge in [-0.3, -0.25) is 10.1 Å². The summed E-state index contributed by atoms with van der Waals surface area (Å²) in [7, 11) is 0. The molecule has 1 aromatic rings. The van der Waals surface area contributed by atoms with Crippen LogP contribution in [-0.4, -0.2) is 17.5 Å². The molecule has 1 heterocycles. The van der Waals surface area contributed by atoms with E-state index in [-0.39, 0.29) is 6.04 Å². The molecule has 0 saturated carbocycles. The van der Waals surface area contributed by atoms with Gasteiger partial charge in [-0.25, -0.2) is 0 Å². The Balaban J connectivity index is 2.31. The van der Waals surface area contributed by atoms with Gasteiger partial charge in [0.05, 0.1) is 10.5 Å². The second kappa shape index (κ2) is 5.16. The summed E-state index contributed by atoms with van der Waals surface area (Å²) in [6.45, 7) is 0.839. The molecule has 1 saturated heterocycles. The summed E-state index contributed by atoms with van der Waals surface area (Å²) in [5, 5.41) is 13.9. The zero-order chi connectivity index (χ0) is 14.0. The van der Waals surface area contributed by atoms with Crippen molar-refractivity contribution in [3.05, 3.63) is 39.4 Å². The number of nitrogens with zero attached hydrogens (tertiary/aromatic N) is 1. The van der Waals surface area contributed by atoms with Gasteiger partial charge >= 0.3 is 6.18 Å². The van der Waals surface area contributed by atoms with E-state index in [0.29, 0.717) is 18.1 Å². The molecule has 104 valence electrons. The molecular formula is C12H13F3N2O2. The van der Waals surface area contributed by atoms with Gasteiger partial charge in [-0.1, -0.05) is 0 Å². The summed E-state index contributed by atoms with van der Waals surface area (Å²) in [5.41, 5.74) is -1.13. The average molecular weight is 274 g/mol. The summed E-state index contributed by atoms with van der Waals surface area (Å²) in [5.74, 6) is 0. The van der Waals surface area contributed by atoms with E-state index in [1.165, 1.54) is 6.07 Å². The third-order valence-corrected chi connectivity index (χ3v) is 3.16. The molecule has 0 amide bonds. The smallest absolute Gasteiger partial charge is 0.314 e. The Hall–Kier alpha value is -1.63. The number of benzene rings is 1. The van der Waals surface area contributed by atoms with E-state index in [4.69, 9.17) is 0 Å². The second-order valence-electron chi connectivity index (χ2n) is 4.64. The molecule has 1 aromatic carbocycles. The number of hydrogen-bond acceptors (Lipinski definition) is 3. The second-order valence-corrected chi connectivity index (χ2v) is 4.64. The van der Waals surface area contributed by atoms with Gasteiger partial charge in [-0.2, -0.15) is 13.2 Å². The molecule has 0 aromatic heterocycles. The first-order valence-corrected chi connectivity index (χ1v) is 5.95. The zero-order valence-corrected chi connectivity index (χ0v) is 10.0. The van der Waals surface area contributed by atoms with Crippen molar-refractivity contribution in [3.63, 3.8) is 0 Å². The summed E-state index contributed by atoms with van der Waals surface area (Å²) >= 11 is 0. The van der Waals surface area contributed by atoms with Crippen LogP contribution in [0.1, 0.15) is 24.0 Å². The van der Waals surface area contributed by atoms with Crippen molar-refractivity contribution in [1.29, 1.82) is 0 Å². The number of halogens is 3. The van der Waals surface area contributed by atoms with Crippen molar-refractivity contribution in [2.24, 2.45) is 0 Å². The summed E-state index contributed by atoms with van der Waals surface area (Å²) in [4.78, 5) is 9.90. The van der Waals surface area contributed by atoms with Crippen LogP contribution in [0.5, 0.6) is 0 Å². The Bertz CT molecular complexity index is 482. The molecule has 1 unspecified atom stereocenters. The summed E-state index contributed by atoms with van der Waals surface area (Å²) in [6.07, 6.45) is -2.33. The fourth-order valence-corrected chi connectivity index (χ4v) is 2.28. The minimum atomic E-state index is -4.57. The highest BCUT2D eigenvalue weighted by atomic mass is 19.4. The molecule has 2 rings (SSSR count). The van der Waals surface area contributed by atoms with Crippen LogP contribution in [0.15, 0.2) is 18.2 Å². The SMILES string of the molecule is O=[N+]([O-])c1cc(CC2CCCN2)cc(C(F)(F)F)c1. The van der Waals surface area contributed by atoms with Gasteiger partial charge in [0.25, 0.3) is 5.69 Å². The molecule has 0 aliphatic carbocycles. The maximum atomic E-state index is 12.7. The standard InChI is InChI=1S/C12H13F3N2O2/c13-12(14,15)9-4-8(5-10-2-1-3-16-10)6-11(7-9)17(18)19/h4,6-7,10,16H,1-3,5H2. The zero-order valence-electron chi connectivity index (χ0n) is 10.0. The van der Waals surface area contributed by atoms with Crippen molar-refractivity contribution in [3.8, 4) is 0 Å². The Morgan fingerprint density at radius 1 is 1.37 bits per heavy atom. The van der Waals surface area contributed by atoms with Crippen molar-refractivity contribution in [2.45, 2.75) is 31.5 Å². The highest BCUT2D eigenvalue weighted by Crippen LogP contribution is 2.33. The third-order valence-electron chi connectivity index (χ3n) is 3.16. The van der Waals surface area contributed by atoms with Crippen LogP contribution in [0.3, 0.4) is 0 Å². The Morgan fingerprint density at radius 2 is 2.11 bits per heavy atom. The van der Waals surface area contributed by atoms with Crippen LogP contribution in [0.4, 0.5) is 18.9 Å². The topological polar surface area (TPSA) is 55.2 Å². The molecule has 1 fully saturated rings. The van der Waals surface area contributed by atoms with Gasteiger partial charge in [-0.15, -0.1) is 0 Å². The molecule has 0 radical (unpaired) electrons. The van der Waals surface area contributed by atoms with Gasteiger partial charge in [0, 0.05) is 18.2 Å². The van der Waals surface area contributed by atoms with E-state index in [0.717, 1.165) is 25.5 Å². The van der Waals surface area contributed by atoms with Crippen molar-refractivity contribution in [1.82, 2.24) is 5.32 Å². The summed E-state index contributed by atoms with van der Waals surface area (Å²) < 4.78 is 38.1. The van der Waals surface area contributed by atoms with Crippen LogP contribution in [0.2, 0.25) is 0 Å². The van der Waals surface area contributed by atoms with E-state index >= 15 is 0 Å². The Labute approximate surface area is 107 Å². The van der Waals surface area contributed by atoms with Crippen LogP contribution in [0, 0.1) is 10.1 Å². The van der Waals surface area contributed by atoms with E-state index in [9.17, 15) is 23.3 Å². The van der Waals surface area contributed by atoms with E-state index in [2.05, 4.69) is 5.32 Å². The lowest BCUT2D eigenvalue weighted by atomic mass is 10.0. The highest BCUT2D eigenvalue weighted by Gasteiger charge is 2.33. The first-order chi connectivity index (χ1) is 8.86. The fraction of sp³-hybridized carbons (Fsp3) is 0.500. The van der Waals surface area contributed by atoms with Gasteiger partial charge in [0.1, 0.15) is 0 Å². The quantitative estimate of drug-likeness (QED) is 0.681. The van der Waals surface area contributed by atoms with Gasteiger partial charge in [0.15, 0.2) is 0 Å². The Morgan fingerprint density at radius 3 is 2.63 bits per heavy atom. The lowest BCUT2D eigenvalue weighted by Gasteiger charge is -2.12. The van der Waals surface area contributed by atoms with E-state index in [1.807, 2.05) is 0 Å². The molecule has 4 nitrogen and oxygen atoms in total. The predicted octanol–water partition coefficient (Wildman–Crippen LogP) is 2.91. The molecule has 0 spiro atoms. The molecule has 1 N–H and O–H groups in total. The fourth-order valence-electron chi connectivity index (χ4n) is 2.28. The molecular weight excluding hydrogens is 261 g/mol.